The quantitative estimate of drug-likeness (QED) is 0.385. The number of anilines is 1. The molecular formula is C22H18N6OS. The molecule has 0 saturated heterocycles. The highest BCUT2D eigenvalue weighted by molar-refractivity contribution is 7.09. The summed E-state index contributed by atoms with van der Waals surface area (Å²) in [6.07, 6.45) is 6.01. The molecule has 148 valence electrons. The van der Waals surface area contributed by atoms with Crippen LogP contribution in [0.1, 0.15) is 39.9 Å². The van der Waals surface area contributed by atoms with Crippen LogP contribution in [0.2, 0.25) is 0 Å². The molecule has 1 aliphatic rings. The van der Waals surface area contributed by atoms with Crippen molar-refractivity contribution in [2.24, 2.45) is 0 Å². The van der Waals surface area contributed by atoms with Gasteiger partial charge in [-0.15, -0.1) is 11.3 Å². The lowest BCUT2D eigenvalue weighted by atomic mass is 10.0. The summed E-state index contributed by atoms with van der Waals surface area (Å²) < 4.78 is 0. The number of amides is 1. The number of fused-ring (bicyclic) bond motifs is 2. The number of hydrogen-bond acceptors (Lipinski definition) is 5. The van der Waals surface area contributed by atoms with E-state index in [4.69, 9.17) is 0 Å². The topological polar surface area (TPSA) is 99.4 Å². The van der Waals surface area contributed by atoms with Crippen molar-refractivity contribution in [3.63, 3.8) is 0 Å². The molecule has 0 aliphatic heterocycles. The standard InChI is InChI=1S/C22H18N6OS/c1-11-25-20(10-30-11)22(29)27-18-6-13(7-19-16(18)9-24-28-19)14-4-5-23-21-15(14)8-17(26-21)12-2-3-12/h4-10,12H,2-3H2,1H3,(H,23,26)(H,24,28)(H,27,29). The molecular weight excluding hydrogens is 396 g/mol. The van der Waals surface area contributed by atoms with E-state index in [9.17, 15) is 4.79 Å². The number of thiazole rings is 1. The monoisotopic (exact) mass is 414 g/mol. The van der Waals surface area contributed by atoms with Crippen LogP contribution in [0.5, 0.6) is 0 Å². The lowest BCUT2D eigenvalue weighted by molar-refractivity contribution is 0.102. The number of pyridine rings is 1. The van der Waals surface area contributed by atoms with Gasteiger partial charge in [-0.05, 0) is 61.1 Å². The van der Waals surface area contributed by atoms with Crippen molar-refractivity contribution < 1.29 is 4.79 Å². The lowest BCUT2D eigenvalue weighted by Gasteiger charge is -2.09. The highest BCUT2D eigenvalue weighted by Gasteiger charge is 2.26. The average Bonchev–Trinajstić information content (AvgIpc) is 3.14. The third-order valence-corrected chi connectivity index (χ3v) is 6.31. The number of rotatable bonds is 4. The van der Waals surface area contributed by atoms with E-state index in [1.54, 1.807) is 11.6 Å². The second kappa shape index (κ2) is 6.50. The summed E-state index contributed by atoms with van der Waals surface area (Å²) >= 11 is 1.46. The summed E-state index contributed by atoms with van der Waals surface area (Å²) in [6, 6.07) is 8.28. The van der Waals surface area contributed by atoms with Crippen molar-refractivity contribution in [3.05, 3.63) is 58.4 Å². The minimum atomic E-state index is -0.225. The minimum absolute atomic E-state index is 0.225. The Kier molecular flexibility index (Phi) is 3.76. The van der Waals surface area contributed by atoms with Crippen LogP contribution in [0.15, 0.2) is 42.0 Å². The summed E-state index contributed by atoms with van der Waals surface area (Å²) in [5, 5.41) is 14.8. The Balaban J connectivity index is 1.46. The van der Waals surface area contributed by atoms with E-state index >= 15 is 0 Å². The Morgan fingerprint density at radius 1 is 1.23 bits per heavy atom. The van der Waals surface area contributed by atoms with Gasteiger partial charge in [-0.3, -0.25) is 9.89 Å². The Hall–Kier alpha value is -3.52. The SMILES string of the molecule is Cc1nc(C(=O)Nc2cc(-c3ccnc4[nH]c(C5CC5)cc34)cc3[nH]ncc23)cs1. The van der Waals surface area contributed by atoms with Gasteiger partial charge < -0.3 is 10.3 Å². The van der Waals surface area contributed by atoms with Crippen LogP contribution in [-0.2, 0) is 0 Å². The van der Waals surface area contributed by atoms with Crippen LogP contribution >= 0.6 is 11.3 Å². The molecule has 1 amide bonds. The maximum absolute atomic E-state index is 12.7. The van der Waals surface area contributed by atoms with Gasteiger partial charge >= 0.3 is 0 Å². The molecule has 0 atom stereocenters. The zero-order chi connectivity index (χ0) is 20.2. The summed E-state index contributed by atoms with van der Waals surface area (Å²) in [5.74, 6) is 0.398. The molecule has 0 spiro atoms. The summed E-state index contributed by atoms with van der Waals surface area (Å²) in [6.45, 7) is 1.89. The van der Waals surface area contributed by atoms with Gasteiger partial charge in [-0.1, -0.05) is 0 Å². The molecule has 1 saturated carbocycles. The molecule has 5 aromatic rings. The Morgan fingerprint density at radius 3 is 2.93 bits per heavy atom. The zero-order valence-electron chi connectivity index (χ0n) is 16.2. The van der Waals surface area contributed by atoms with Gasteiger partial charge in [0, 0.05) is 28.0 Å². The molecule has 0 radical (unpaired) electrons. The third kappa shape index (κ3) is 2.88. The van der Waals surface area contributed by atoms with E-state index in [-0.39, 0.29) is 5.91 Å². The molecule has 6 rings (SSSR count). The maximum Gasteiger partial charge on any atom is 0.275 e. The first-order chi connectivity index (χ1) is 14.7. The second-order valence-electron chi connectivity index (χ2n) is 7.68. The Morgan fingerprint density at radius 2 is 2.13 bits per heavy atom. The first kappa shape index (κ1) is 17.3. The van der Waals surface area contributed by atoms with Gasteiger partial charge in [-0.25, -0.2) is 9.97 Å². The van der Waals surface area contributed by atoms with Gasteiger partial charge in [0.2, 0.25) is 0 Å². The smallest absolute Gasteiger partial charge is 0.275 e. The highest BCUT2D eigenvalue weighted by Crippen LogP contribution is 2.42. The largest absolute Gasteiger partial charge is 0.343 e. The Labute approximate surface area is 175 Å². The number of nitrogens with zero attached hydrogens (tertiary/aromatic N) is 3. The molecule has 3 N–H and O–H groups in total. The van der Waals surface area contributed by atoms with Crippen LogP contribution in [0.3, 0.4) is 0 Å². The number of nitrogens with one attached hydrogen (secondary N) is 3. The Bertz CT molecular complexity index is 1420. The summed E-state index contributed by atoms with van der Waals surface area (Å²) in [4.78, 5) is 25.0. The van der Waals surface area contributed by atoms with E-state index < -0.39 is 0 Å². The predicted octanol–water partition coefficient (Wildman–Crippen LogP) is 5.00. The second-order valence-corrected chi connectivity index (χ2v) is 8.74. The number of aromatic amines is 2. The molecule has 4 heterocycles. The molecule has 30 heavy (non-hydrogen) atoms. The highest BCUT2D eigenvalue weighted by atomic mass is 32.1. The predicted molar refractivity (Wildman–Crippen MR) is 118 cm³/mol. The number of benzene rings is 1. The average molecular weight is 414 g/mol. The van der Waals surface area contributed by atoms with Gasteiger partial charge in [0.1, 0.15) is 11.3 Å². The maximum atomic E-state index is 12.7. The molecule has 7 nitrogen and oxygen atoms in total. The number of aromatic nitrogens is 5. The number of carbonyl (C=O) groups excluding carboxylic acids is 1. The molecule has 1 fully saturated rings. The fraction of sp³-hybridized carbons (Fsp3) is 0.182. The molecule has 1 aromatic carbocycles. The number of H-pyrrole nitrogens is 2. The first-order valence-electron chi connectivity index (χ1n) is 9.84. The molecule has 1 aliphatic carbocycles. The normalized spacial score (nSPS) is 13.9. The van der Waals surface area contributed by atoms with Crippen molar-refractivity contribution in [1.82, 2.24) is 25.1 Å². The van der Waals surface area contributed by atoms with Crippen molar-refractivity contribution in [1.29, 1.82) is 0 Å². The van der Waals surface area contributed by atoms with Gasteiger partial charge in [0.05, 0.1) is 22.4 Å². The summed E-state index contributed by atoms with van der Waals surface area (Å²) in [7, 11) is 0. The minimum Gasteiger partial charge on any atom is -0.343 e. The van der Waals surface area contributed by atoms with Crippen molar-refractivity contribution in [3.8, 4) is 11.1 Å². The summed E-state index contributed by atoms with van der Waals surface area (Å²) in [5.41, 5.74) is 6.19. The zero-order valence-corrected chi connectivity index (χ0v) is 17.0. The fourth-order valence-corrected chi connectivity index (χ4v) is 4.47. The van der Waals surface area contributed by atoms with Crippen molar-refractivity contribution in [2.45, 2.75) is 25.7 Å². The fourth-order valence-electron chi connectivity index (χ4n) is 3.88. The number of carbonyl (C=O) groups is 1. The first-order valence-corrected chi connectivity index (χ1v) is 10.7. The van der Waals surface area contributed by atoms with E-state index in [1.807, 2.05) is 25.3 Å². The van der Waals surface area contributed by atoms with Gasteiger partial charge in [0.25, 0.3) is 5.91 Å². The van der Waals surface area contributed by atoms with Crippen LogP contribution in [0, 0.1) is 6.92 Å². The molecule has 0 bridgehead atoms. The van der Waals surface area contributed by atoms with Crippen LogP contribution in [0.25, 0.3) is 33.1 Å². The van der Waals surface area contributed by atoms with Gasteiger partial charge in [-0.2, -0.15) is 5.10 Å². The van der Waals surface area contributed by atoms with E-state index in [1.165, 1.54) is 29.9 Å². The van der Waals surface area contributed by atoms with Crippen molar-refractivity contribution >= 4 is 44.9 Å². The van der Waals surface area contributed by atoms with Crippen molar-refractivity contribution in [2.75, 3.05) is 5.32 Å². The van der Waals surface area contributed by atoms with Crippen LogP contribution in [-0.4, -0.2) is 31.1 Å². The van der Waals surface area contributed by atoms with E-state index in [2.05, 4.69) is 42.6 Å². The lowest BCUT2D eigenvalue weighted by Crippen LogP contribution is -2.12. The van der Waals surface area contributed by atoms with Gasteiger partial charge in [0.15, 0.2) is 0 Å². The van der Waals surface area contributed by atoms with Crippen LogP contribution < -0.4 is 5.32 Å². The van der Waals surface area contributed by atoms with Crippen LogP contribution in [0.4, 0.5) is 5.69 Å². The van der Waals surface area contributed by atoms with E-state index in [0.29, 0.717) is 17.3 Å². The molecule has 8 heteroatoms. The van der Waals surface area contributed by atoms with E-state index in [0.717, 1.165) is 38.1 Å². The molecule has 4 aromatic heterocycles. The molecule has 0 unspecified atom stereocenters. The third-order valence-electron chi connectivity index (χ3n) is 5.54. The number of aryl methyl sites for hydroxylation is 1. The number of hydrogen-bond donors (Lipinski definition) is 3.